The van der Waals surface area contributed by atoms with E-state index in [1.54, 1.807) is 0 Å². The Hall–Kier alpha value is -3.95. The number of halogens is 3. The number of amides is 1. The lowest BCUT2D eigenvalue weighted by molar-refractivity contribution is -0.137. The van der Waals surface area contributed by atoms with Crippen molar-refractivity contribution in [3.63, 3.8) is 0 Å². The van der Waals surface area contributed by atoms with Gasteiger partial charge in [-0.2, -0.15) is 17.8 Å². The Kier molecular flexibility index (Phi) is 8.58. The summed E-state index contributed by atoms with van der Waals surface area (Å²) in [4.78, 5) is 35.5. The smallest absolute Gasteiger partial charge is 0.360 e. The lowest BCUT2D eigenvalue weighted by Gasteiger charge is -2.19. The van der Waals surface area contributed by atoms with Gasteiger partial charge >= 0.3 is 17.9 Å². The van der Waals surface area contributed by atoms with Gasteiger partial charge in [0.2, 0.25) is 0 Å². The molecule has 3 N–H and O–H groups in total. The van der Waals surface area contributed by atoms with Gasteiger partial charge in [-0.1, -0.05) is 19.0 Å². The van der Waals surface area contributed by atoms with Crippen LogP contribution < -0.4 is 16.8 Å². The Morgan fingerprint density at radius 2 is 1.76 bits per heavy atom. The van der Waals surface area contributed by atoms with E-state index in [0.717, 1.165) is 34.5 Å². The highest BCUT2D eigenvalue weighted by molar-refractivity contribution is 7.90. The predicted molar refractivity (Wildman–Crippen MR) is 141 cm³/mol. The quantitative estimate of drug-likeness (QED) is 0.329. The monoisotopic (exact) mass is 600 g/mol. The minimum atomic E-state index is -4.71. The molecular formula is C25H31F3N6O6S. The normalized spacial score (nSPS) is 14.0. The fourth-order valence-corrected chi connectivity index (χ4v) is 4.59. The molecule has 1 saturated carbocycles. The van der Waals surface area contributed by atoms with Crippen LogP contribution in [0.1, 0.15) is 92.4 Å². The van der Waals surface area contributed by atoms with E-state index in [9.17, 15) is 36.0 Å². The maximum Gasteiger partial charge on any atom is 0.416 e. The van der Waals surface area contributed by atoms with E-state index in [4.69, 9.17) is 10.4 Å². The first-order valence-electron chi connectivity index (χ1n) is 12.4. The Morgan fingerprint density at radius 3 is 2.22 bits per heavy atom. The van der Waals surface area contributed by atoms with Crippen LogP contribution in [-0.2, 0) is 16.0 Å². The number of nitrogens with zero attached hydrogens (tertiary/aromatic N) is 4. The summed E-state index contributed by atoms with van der Waals surface area (Å²) < 4.78 is 68.9. The van der Waals surface area contributed by atoms with Crippen molar-refractivity contribution in [2.24, 2.45) is 0 Å². The molecule has 0 saturated heterocycles. The Balaban J connectivity index is 0.000000241. The van der Waals surface area contributed by atoms with Crippen LogP contribution in [0.4, 0.5) is 18.0 Å². The van der Waals surface area contributed by atoms with Gasteiger partial charge in [-0.15, -0.1) is 9.78 Å². The second-order valence-electron chi connectivity index (χ2n) is 10.9. The second kappa shape index (κ2) is 11.1. The molecule has 2 aromatic heterocycles. The number of rotatable bonds is 5. The molecule has 2 heterocycles. The molecule has 41 heavy (non-hydrogen) atoms. The number of aromatic nitrogens is 4. The second-order valence-corrected chi connectivity index (χ2v) is 12.9. The highest BCUT2D eigenvalue weighted by Gasteiger charge is 2.36. The number of benzene rings is 1. The number of sulfone groups is 1. The fraction of sp³-hybridized carbons (Fsp3) is 0.480. The fourth-order valence-electron chi connectivity index (χ4n) is 3.69. The molecule has 16 heteroatoms. The lowest BCUT2D eigenvalue weighted by Crippen LogP contribution is -2.47. The Bertz CT molecular complexity index is 1630. The third-order valence-corrected chi connectivity index (χ3v) is 6.91. The highest BCUT2D eigenvalue weighted by Crippen LogP contribution is 2.42. The number of carbonyl (C=O) groups excluding carboxylic acids is 2. The number of alkyl halides is 3. The topological polar surface area (TPSA) is 172 Å². The van der Waals surface area contributed by atoms with E-state index in [0.29, 0.717) is 23.7 Å². The summed E-state index contributed by atoms with van der Waals surface area (Å²) in [6.45, 7) is 9.14. The van der Waals surface area contributed by atoms with Crippen molar-refractivity contribution in [3.05, 3.63) is 63.2 Å². The standard InChI is InChI=1S/C15H12F3NO4S.C10H19N5O2/c1-24(21,22)12-6-9(15(16,17)18)4-5-10(12)13(20)11-7-19-23-14(11)8-2-3-8;1-6(2)7-13-15(9(17)14(7)11)8(16)12-10(3,4)5/h4-8H,2-3H2,1H3;6H,11H2,1-5H3,(H,12,16). The van der Waals surface area contributed by atoms with Crippen molar-refractivity contribution in [2.75, 3.05) is 12.1 Å². The van der Waals surface area contributed by atoms with Crippen molar-refractivity contribution in [3.8, 4) is 0 Å². The number of hydrogen-bond donors (Lipinski definition) is 2. The van der Waals surface area contributed by atoms with E-state index >= 15 is 0 Å². The van der Waals surface area contributed by atoms with Gasteiger partial charge in [-0.25, -0.2) is 18.0 Å². The van der Waals surface area contributed by atoms with E-state index in [1.807, 2.05) is 34.6 Å². The van der Waals surface area contributed by atoms with Crippen molar-refractivity contribution < 1.29 is 35.7 Å². The van der Waals surface area contributed by atoms with E-state index in [2.05, 4.69) is 15.6 Å². The zero-order valence-electron chi connectivity index (χ0n) is 23.2. The molecule has 0 unspecified atom stereocenters. The number of carbonyl (C=O) groups is 2. The molecule has 0 spiro atoms. The van der Waals surface area contributed by atoms with Gasteiger partial charge in [0, 0.05) is 29.2 Å². The van der Waals surface area contributed by atoms with Crippen molar-refractivity contribution >= 4 is 21.7 Å². The zero-order chi connectivity index (χ0) is 31.1. The first kappa shape index (κ1) is 31.6. The van der Waals surface area contributed by atoms with E-state index < -0.39 is 49.5 Å². The first-order chi connectivity index (χ1) is 18.7. The molecule has 1 aromatic carbocycles. The van der Waals surface area contributed by atoms with Crippen molar-refractivity contribution in [1.82, 2.24) is 24.9 Å². The summed E-state index contributed by atoms with van der Waals surface area (Å²) in [6.07, 6.45) is -1.14. The van der Waals surface area contributed by atoms with Crippen LogP contribution in [0.2, 0.25) is 0 Å². The van der Waals surface area contributed by atoms with Gasteiger partial charge < -0.3 is 15.7 Å². The molecule has 3 aromatic rings. The summed E-state index contributed by atoms with van der Waals surface area (Å²) in [5.41, 5.74) is -2.45. The first-order valence-corrected chi connectivity index (χ1v) is 14.3. The van der Waals surface area contributed by atoms with E-state index in [-0.39, 0.29) is 23.0 Å². The van der Waals surface area contributed by atoms with Crippen LogP contribution in [0.5, 0.6) is 0 Å². The molecule has 1 fully saturated rings. The van der Waals surface area contributed by atoms with Crippen LogP contribution in [0.25, 0.3) is 0 Å². The Morgan fingerprint density at radius 1 is 1.15 bits per heavy atom. The summed E-state index contributed by atoms with van der Waals surface area (Å²) in [5.74, 6) is 5.56. The maximum absolute atomic E-state index is 12.8. The molecule has 1 amide bonds. The minimum absolute atomic E-state index is 0.0311. The number of nitrogen functional groups attached to an aromatic ring is 1. The summed E-state index contributed by atoms with van der Waals surface area (Å²) >= 11 is 0. The minimum Gasteiger partial charge on any atom is -0.360 e. The van der Waals surface area contributed by atoms with Crippen LogP contribution in [0.15, 0.2) is 38.6 Å². The maximum atomic E-state index is 12.8. The Labute approximate surface area is 233 Å². The van der Waals surface area contributed by atoms with Gasteiger partial charge in [0.1, 0.15) is 0 Å². The highest BCUT2D eigenvalue weighted by atomic mass is 32.2. The average molecular weight is 601 g/mol. The summed E-state index contributed by atoms with van der Waals surface area (Å²) in [5, 5.41) is 10.1. The SMILES string of the molecule is CC(C)c1nn(C(=O)NC(C)(C)C)c(=O)n1N.CS(=O)(=O)c1cc(C(F)(F)F)ccc1C(=O)c1cnoc1C1CC1. The van der Waals surface area contributed by atoms with Crippen molar-refractivity contribution in [1.29, 1.82) is 0 Å². The number of nitrogens with one attached hydrogen (secondary N) is 1. The van der Waals surface area contributed by atoms with Gasteiger partial charge in [0.05, 0.1) is 22.2 Å². The predicted octanol–water partition coefficient (Wildman–Crippen LogP) is 3.44. The lowest BCUT2D eigenvalue weighted by atomic mass is 10.0. The van der Waals surface area contributed by atoms with Gasteiger partial charge in [0.25, 0.3) is 0 Å². The molecule has 1 aliphatic rings. The molecule has 224 valence electrons. The van der Waals surface area contributed by atoms with Crippen LogP contribution in [0, 0.1) is 0 Å². The number of ketones is 1. The molecule has 12 nitrogen and oxygen atoms in total. The van der Waals surface area contributed by atoms with Crippen molar-refractivity contribution in [2.45, 2.75) is 75.9 Å². The third-order valence-electron chi connectivity index (χ3n) is 5.77. The summed E-state index contributed by atoms with van der Waals surface area (Å²) in [7, 11) is -4.04. The number of nitrogens with two attached hydrogens (primary N) is 1. The van der Waals surface area contributed by atoms with Gasteiger partial charge in [0.15, 0.2) is 27.2 Å². The molecule has 4 rings (SSSR count). The molecule has 0 aliphatic heterocycles. The van der Waals surface area contributed by atoms with Crippen LogP contribution >= 0.6 is 0 Å². The van der Waals surface area contributed by atoms with E-state index in [1.165, 1.54) is 6.20 Å². The summed E-state index contributed by atoms with van der Waals surface area (Å²) in [6, 6.07) is 1.47. The molecular weight excluding hydrogens is 569 g/mol. The molecule has 1 aliphatic carbocycles. The zero-order valence-corrected chi connectivity index (χ0v) is 24.1. The van der Waals surface area contributed by atoms with Gasteiger partial charge in [-0.05, 0) is 51.8 Å². The molecule has 0 atom stereocenters. The number of hydrogen-bond acceptors (Lipinski definition) is 9. The molecule has 0 bridgehead atoms. The molecule has 0 radical (unpaired) electrons. The van der Waals surface area contributed by atoms with Crippen LogP contribution in [-0.4, -0.2) is 51.6 Å². The van der Waals surface area contributed by atoms with Gasteiger partial charge in [-0.3, -0.25) is 4.79 Å². The van der Waals surface area contributed by atoms with Crippen LogP contribution in [0.3, 0.4) is 0 Å². The third kappa shape index (κ3) is 7.42. The average Bonchev–Trinajstić information content (AvgIpc) is 3.48. The largest absolute Gasteiger partial charge is 0.416 e.